The van der Waals surface area contributed by atoms with Crippen molar-refractivity contribution in [1.82, 2.24) is 19.7 Å². The Labute approximate surface area is 162 Å². The van der Waals surface area contributed by atoms with E-state index < -0.39 is 0 Å². The summed E-state index contributed by atoms with van der Waals surface area (Å²) in [5.41, 5.74) is 2.81. The summed E-state index contributed by atoms with van der Waals surface area (Å²) in [6.07, 6.45) is 3.66. The third-order valence-corrected chi connectivity index (χ3v) is 5.21. The number of nitrogens with one attached hydrogen (secondary N) is 2. The van der Waals surface area contributed by atoms with Gasteiger partial charge in [0.2, 0.25) is 5.78 Å². The largest absolute Gasteiger partial charge is 0.369 e. The summed E-state index contributed by atoms with van der Waals surface area (Å²) in [6, 6.07) is 13.2. The van der Waals surface area contributed by atoms with Crippen molar-refractivity contribution < 1.29 is 4.39 Å². The van der Waals surface area contributed by atoms with Crippen LogP contribution in [0.1, 0.15) is 5.56 Å². The van der Waals surface area contributed by atoms with Crippen LogP contribution in [0.4, 0.5) is 15.9 Å². The molecule has 0 saturated carbocycles. The van der Waals surface area contributed by atoms with Gasteiger partial charge in [0.25, 0.3) is 0 Å². The number of hydrogen-bond donors (Lipinski definition) is 2. The number of halogens is 1. The summed E-state index contributed by atoms with van der Waals surface area (Å²) < 4.78 is 16.0. The first-order valence-corrected chi connectivity index (χ1v) is 9.49. The molecule has 1 aliphatic rings. The van der Waals surface area contributed by atoms with Gasteiger partial charge in [0, 0.05) is 61.8 Å². The number of fused-ring (bicyclic) bond motifs is 3. The maximum absolute atomic E-state index is 14.0. The summed E-state index contributed by atoms with van der Waals surface area (Å²) in [7, 11) is 0. The van der Waals surface area contributed by atoms with E-state index in [4.69, 9.17) is 0 Å². The molecule has 0 bridgehead atoms. The first kappa shape index (κ1) is 16.9. The summed E-state index contributed by atoms with van der Waals surface area (Å²) in [6.45, 7) is 4.28. The fraction of sp³-hybridized carbons (Fsp3) is 0.238. The molecule has 5 rings (SSSR count). The molecule has 0 amide bonds. The number of benzene rings is 2. The van der Waals surface area contributed by atoms with E-state index >= 15 is 0 Å². The zero-order valence-corrected chi connectivity index (χ0v) is 15.4. The van der Waals surface area contributed by atoms with Crippen LogP contribution in [-0.2, 0) is 6.54 Å². The van der Waals surface area contributed by atoms with E-state index in [1.807, 2.05) is 16.7 Å². The van der Waals surface area contributed by atoms with Gasteiger partial charge in [-0.25, -0.2) is 9.37 Å². The zero-order chi connectivity index (χ0) is 18.9. The van der Waals surface area contributed by atoms with Crippen LogP contribution in [0.3, 0.4) is 0 Å². The molecule has 142 valence electrons. The molecule has 1 aliphatic heterocycles. The number of anilines is 2. The highest BCUT2D eigenvalue weighted by Crippen LogP contribution is 2.28. The van der Waals surface area contributed by atoms with Gasteiger partial charge in [0.1, 0.15) is 11.6 Å². The fourth-order valence-corrected chi connectivity index (χ4v) is 3.73. The molecule has 1 saturated heterocycles. The van der Waals surface area contributed by atoms with Gasteiger partial charge in [-0.05, 0) is 24.3 Å². The molecular weight excluding hydrogens is 355 g/mol. The normalized spacial score (nSPS) is 14.7. The SMILES string of the molecule is Fc1ccccc1CNc1nc2nccn2c2ccc(N3CCNCC3)cc12. The van der Waals surface area contributed by atoms with Crippen LogP contribution in [0.5, 0.6) is 0 Å². The van der Waals surface area contributed by atoms with Gasteiger partial charge in [-0.3, -0.25) is 4.40 Å². The standard InChI is InChI=1S/C21H21FN6/c22-18-4-2-1-3-15(18)14-25-20-17-13-16(27-10-7-23-8-11-27)5-6-19(17)28-12-9-24-21(28)26-20/h1-6,9,12-13,23H,7-8,10-11,14H2,(H,24,25,26). The highest BCUT2D eigenvalue weighted by atomic mass is 19.1. The predicted molar refractivity (Wildman–Crippen MR) is 109 cm³/mol. The molecule has 2 aromatic heterocycles. The Morgan fingerprint density at radius 1 is 1.11 bits per heavy atom. The molecule has 0 aliphatic carbocycles. The van der Waals surface area contributed by atoms with Gasteiger partial charge in [-0.2, -0.15) is 4.98 Å². The molecule has 1 fully saturated rings. The molecular formula is C21H21FN6. The van der Waals surface area contributed by atoms with Crippen LogP contribution >= 0.6 is 0 Å². The van der Waals surface area contributed by atoms with Crippen molar-refractivity contribution in [2.24, 2.45) is 0 Å². The van der Waals surface area contributed by atoms with E-state index in [1.54, 1.807) is 18.3 Å². The average Bonchev–Trinajstić information content (AvgIpc) is 3.22. The third-order valence-electron chi connectivity index (χ3n) is 5.21. The van der Waals surface area contributed by atoms with Crippen LogP contribution in [-0.4, -0.2) is 40.5 Å². The lowest BCUT2D eigenvalue weighted by molar-refractivity contribution is 0.589. The second-order valence-electron chi connectivity index (χ2n) is 6.94. The average molecular weight is 376 g/mol. The van der Waals surface area contributed by atoms with Crippen molar-refractivity contribution in [2.45, 2.75) is 6.54 Å². The fourth-order valence-electron chi connectivity index (χ4n) is 3.73. The third kappa shape index (κ3) is 3.03. The molecule has 3 heterocycles. The van der Waals surface area contributed by atoms with E-state index in [0.29, 0.717) is 23.7 Å². The van der Waals surface area contributed by atoms with Crippen LogP contribution < -0.4 is 15.5 Å². The van der Waals surface area contributed by atoms with Gasteiger partial charge < -0.3 is 15.5 Å². The molecule has 4 aromatic rings. The van der Waals surface area contributed by atoms with Crippen molar-refractivity contribution >= 4 is 28.2 Å². The Bertz CT molecular complexity index is 1130. The number of hydrogen-bond acceptors (Lipinski definition) is 5. The molecule has 0 radical (unpaired) electrons. The topological polar surface area (TPSA) is 57.5 Å². The van der Waals surface area contributed by atoms with Crippen LogP contribution in [0.15, 0.2) is 54.9 Å². The lowest BCUT2D eigenvalue weighted by Crippen LogP contribution is -2.43. The van der Waals surface area contributed by atoms with Crippen molar-refractivity contribution in [3.05, 3.63) is 66.2 Å². The number of piperazine rings is 1. The van der Waals surface area contributed by atoms with Gasteiger partial charge >= 0.3 is 0 Å². The number of aromatic nitrogens is 3. The molecule has 0 atom stereocenters. The van der Waals surface area contributed by atoms with Crippen molar-refractivity contribution in [3.8, 4) is 0 Å². The smallest absolute Gasteiger partial charge is 0.236 e. The quantitative estimate of drug-likeness (QED) is 0.573. The maximum Gasteiger partial charge on any atom is 0.236 e. The molecule has 0 spiro atoms. The Kier molecular flexibility index (Phi) is 4.29. The summed E-state index contributed by atoms with van der Waals surface area (Å²) in [5, 5.41) is 7.70. The molecule has 6 nitrogen and oxygen atoms in total. The van der Waals surface area contributed by atoms with Crippen molar-refractivity contribution in [2.75, 3.05) is 36.4 Å². The molecule has 0 unspecified atom stereocenters. The summed E-state index contributed by atoms with van der Waals surface area (Å²) in [4.78, 5) is 11.4. The van der Waals surface area contributed by atoms with E-state index in [2.05, 4.69) is 43.7 Å². The van der Waals surface area contributed by atoms with Crippen LogP contribution in [0.2, 0.25) is 0 Å². The first-order valence-electron chi connectivity index (χ1n) is 9.49. The van der Waals surface area contributed by atoms with E-state index in [-0.39, 0.29) is 5.82 Å². The van der Waals surface area contributed by atoms with Crippen molar-refractivity contribution in [1.29, 1.82) is 0 Å². The number of nitrogens with zero attached hydrogens (tertiary/aromatic N) is 4. The van der Waals surface area contributed by atoms with E-state index in [1.165, 1.54) is 11.8 Å². The summed E-state index contributed by atoms with van der Waals surface area (Å²) in [5.74, 6) is 1.12. The van der Waals surface area contributed by atoms with Gasteiger partial charge in [-0.1, -0.05) is 18.2 Å². The summed E-state index contributed by atoms with van der Waals surface area (Å²) >= 11 is 0. The van der Waals surface area contributed by atoms with Gasteiger partial charge in [-0.15, -0.1) is 0 Å². The maximum atomic E-state index is 14.0. The lowest BCUT2D eigenvalue weighted by atomic mass is 10.1. The van der Waals surface area contributed by atoms with Gasteiger partial charge in [0.15, 0.2) is 0 Å². The molecule has 2 aromatic carbocycles. The second-order valence-corrected chi connectivity index (χ2v) is 6.94. The Hall–Kier alpha value is -3.19. The highest BCUT2D eigenvalue weighted by Gasteiger charge is 2.15. The molecule has 7 heteroatoms. The van der Waals surface area contributed by atoms with Gasteiger partial charge in [0.05, 0.1) is 5.52 Å². The number of rotatable bonds is 4. The van der Waals surface area contributed by atoms with Crippen molar-refractivity contribution in [3.63, 3.8) is 0 Å². The Morgan fingerprint density at radius 2 is 1.96 bits per heavy atom. The monoisotopic (exact) mass is 376 g/mol. The van der Waals surface area contributed by atoms with E-state index in [9.17, 15) is 4.39 Å². The zero-order valence-electron chi connectivity index (χ0n) is 15.4. The second kappa shape index (κ2) is 7.09. The minimum Gasteiger partial charge on any atom is -0.369 e. The molecule has 2 N–H and O–H groups in total. The first-order chi connectivity index (χ1) is 13.8. The lowest BCUT2D eigenvalue weighted by Gasteiger charge is -2.29. The predicted octanol–water partition coefficient (Wildman–Crippen LogP) is 3.04. The van der Waals surface area contributed by atoms with Crippen LogP contribution in [0.25, 0.3) is 16.7 Å². The Morgan fingerprint density at radius 3 is 2.82 bits per heavy atom. The van der Waals surface area contributed by atoms with Crippen LogP contribution in [0, 0.1) is 5.82 Å². The number of imidazole rings is 1. The minimum absolute atomic E-state index is 0.220. The highest BCUT2D eigenvalue weighted by molar-refractivity contribution is 5.93. The minimum atomic E-state index is -0.220. The Balaban J connectivity index is 1.57. The van der Waals surface area contributed by atoms with E-state index in [0.717, 1.165) is 37.1 Å². The molecule has 28 heavy (non-hydrogen) atoms.